The van der Waals surface area contributed by atoms with Gasteiger partial charge in [-0.25, -0.2) is 4.79 Å². The summed E-state index contributed by atoms with van der Waals surface area (Å²) >= 11 is 0.350. The summed E-state index contributed by atoms with van der Waals surface area (Å²) in [5.41, 5.74) is -3.91. The van der Waals surface area contributed by atoms with Crippen molar-refractivity contribution in [2.75, 3.05) is 7.11 Å². The largest absolute Gasteiger partial charge is 0.471 e. The number of carbonyl (C=O) groups excluding carboxylic acids is 2. The molecule has 0 saturated carbocycles. The molecule has 0 spiro atoms. The summed E-state index contributed by atoms with van der Waals surface area (Å²) in [6.45, 7) is 0. The van der Waals surface area contributed by atoms with Crippen LogP contribution in [0.2, 0.25) is 0 Å². The van der Waals surface area contributed by atoms with E-state index in [0.29, 0.717) is 23.8 Å². The van der Waals surface area contributed by atoms with Crippen molar-refractivity contribution in [3.8, 4) is 0 Å². The summed E-state index contributed by atoms with van der Waals surface area (Å²) in [6, 6.07) is 1.86. The Morgan fingerprint density at radius 2 is 1.76 bits per heavy atom. The predicted molar refractivity (Wildman–Crippen MR) is 58.3 cm³/mol. The van der Waals surface area contributed by atoms with Gasteiger partial charge in [0.2, 0.25) is 0 Å². The zero-order valence-corrected chi connectivity index (χ0v) is 10.9. The van der Waals surface area contributed by atoms with Gasteiger partial charge in [0.25, 0.3) is 5.54 Å². The van der Waals surface area contributed by atoms with Crippen LogP contribution in [0.3, 0.4) is 0 Å². The number of ether oxygens (including phenoxy) is 1. The Morgan fingerprint density at radius 3 is 2.10 bits per heavy atom. The lowest BCUT2D eigenvalue weighted by molar-refractivity contribution is -0.222. The number of thiophene rings is 1. The molecule has 0 aliphatic rings. The van der Waals surface area contributed by atoms with E-state index in [4.69, 9.17) is 0 Å². The number of hydrogen-bond acceptors (Lipinski definition) is 4. The lowest BCUT2D eigenvalue weighted by Gasteiger charge is -2.32. The molecule has 0 fully saturated rings. The number of hydrogen-bond donors (Lipinski definition) is 1. The van der Waals surface area contributed by atoms with Crippen molar-refractivity contribution in [1.29, 1.82) is 0 Å². The Balaban J connectivity index is 3.47. The third-order valence-electron chi connectivity index (χ3n) is 2.37. The second-order valence-electron chi connectivity index (χ2n) is 3.67. The van der Waals surface area contributed by atoms with Gasteiger partial charge in [-0.05, 0) is 11.4 Å². The zero-order valence-electron chi connectivity index (χ0n) is 10.1. The van der Waals surface area contributed by atoms with Gasteiger partial charge in [-0.1, -0.05) is 6.07 Å². The van der Waals surface area contributed by atoms with Gasteiger partial charge in [0, 0.05) is 0 Å². The van der Waals surface area contributed by atoms with Gasteiger partial charge in [0.05, 0.1) is 12.0 Å². The Morgan fingerprint density at radius 1 is 1.19 bits per heavy atom. The molecule has 11 heteroatoms. The molecule has 0 bridgehead atoms. The maximum Gasteiger partial charge on any atom is 0.471 e. The number of halogens is 6. The molecular weight excluding hydrogens is 328 g/mol. The zero-order chi connectivity index (χ0) is 16.5. The monoisotopic (exact) mass is 335 g/mol. The fraction of sp³-hybridized carbons (Fsp3) is 0.400. The molecule has 1 aromatic heterocycles. The van der Waals surface area contributed by atoms with E-state index in [1.807, 2.05) is 0 Å². The van der Waals surface area contributed by atoms with E-state index in [1.165, 1.54) is 0 Å². The molecule has 1 N–H and O–H groups in total. The quantitative estimate of drug-likeness (QED) is 0.681. The molecule has 4 nitrogen and oxygen atoms in total. The lowest BCUT2D eigenvalue weighted by Crippen LogP contribution is -2.63. The van der Waals surface area contributed by atoms with Crippen molar-refractivity contribution in [2.24, 2.45) is 0 Å². The number of carbonyl (C=O) groups is 2. The molecule has 0 aliphatic carbocycles. The fourth-order valence-corrected chi connectivity index (χ4v) is 2.31. The third kappa shape index (κ3) is 3.12. The smallest absolute Gasteiger partial charge is 0.467 e. The van der Waals surface area contributed by atoms with Crippen LogP contribution in [0.1, 0.15) is 4.88 Å². The second kappa shape index (κ2) is 5.54. The first-order chi connectivity index (χ1) is 9.46. The first kappa shape index (κ1) is 17.3. The van der Waals surface area contributed by atoms with Crippen LogP contribution in [0.5, 0.6) is 0 Å². The van der Waals surface area contributed by atoms with Gasteiger partial charge >= 0.3 is 24.2 Å². The van der Waals surface area contributed by atoms with Crippen LogP contribution in [-0.2, 0) is 19.9 Å². The van der Waals surface area contributed by atoms with Crippen LogP contribution in [0, 0.1) is 0 Å². The average Bonchev–Trinajstić information content (AvgIpc) is 2.85. The molecule has 1 rings (SSSR count). The van der Waals surface area contributed by atoms with Gasteiger partial charge in [-0.2, -0.15) is 26.3 Å². The third-order valence-corrected chi connectivity index (χ3v) is 3.36. The fourth-order valence-electron chi connectivity index (χ4n) is 1.43. The summed E-state index contributed by atoms with van der Waals surface area (Å²) in [4.78, 5) is 21.6. The van der Waals surface area contributed by atoms with Crippen molar-refractivity contribution in [2.45, 2.75) is 17.9 Å². The van der Waals surface area contributed by atoms with Crippen molar-refractivity contribution >= 4 is 23.2 Å². The van der Waals surface area contributed by atoms with Gasteiger partial charge in [0.15, 0.2) is 0 Å². The predicted octanol–water partition coefficient (Wildman–Crippen LogP) is 2.36. The molecule has 118 valence electrons. The Bertz CT molecular complexity index is 524. The number of alkyl halides is 6. The first-order valence-electron chi connectivity index (χ1n) is 5.05. The Labute approximate surface area is 117 Å². The van der Waals surface area contributed by atoms with Gasteiger partial charge in [-0.3, -0.25) is 4.79 Å². The highest BCUT2D eigenvalue weighted by atomic mass is 32.1. The SMILES string of the molecule is COC(=O)[C@@](NC(=O)C(F)(F)F)(c1cccs1)C(F)(F)F. The lowest BCUT2D eigenvalue weighted by atomic mass is 9.96. The Kier molecular flexibility index (Phi) is 4.56. The number of methoxy groups -OCH3 is 1. The molecule has 0 aromatic carbocycles. The van der Waals surface area contributed by atoms with Crippen molar-refractivity contribution in [3.63, 3.8) is 0 Å². The molecular formula is C10H7F6NO3S. The number of esters is 1. The average molecular weight is 335 g/mol. The van der Waals surface area contributed by atoms with Gasteiger partial charge < -0.3 is 10.1 Å². The van der Waals surface area contributed by atoms with Crippen molar-refractivity contribution in [3.05, 3.63) is 22.4 Å². The van der Waals surface area contributed by atoms with E-state index < -0.39 is 34.6 Å². The van der Waals surface area contributed by atoms with Crippen LogP contribution >= 0.6 is 11.3 Å². The Hall–Kier alpha value is -1.78. The minimum Gasteiger partial charge on any atom is -0.467 e. The molecule has 1 amide bonds. The molecule has 0 aliphatic heterocycles. The summed E-state index contributed by atoms with van der Waals surface area (Å²) in [7, 11) is 0.566. The minimum absolute atomic E-state index is 0.350. The molecule has 0 saturated heterocycles. The second-order valence-corrected chi connectivity index (χ2v) is 4.62. The van der Waals surface area contributed by atoms with Crippen LogP contribution < -0.4 is 5.32 Å². The highest BCUT2D eigenvalue weighted by Gasteiger charge is 2.66. The minimum atomic E-state index is -5.60. The highest BCUT2D eigenvalue weighted by Crippen LogP contribution is 2.42. The summed E-state index contributed by atoms with van der Waals surface area (Å²) < 4.78 is 80.4. The van der Waals surface area contributed by atoms with E-state index in [9.17, 15) is 35.9 Å². The molecule has 1 atom stereocenters. The molecule has 21 heavy (non-hydrogen) atoms. The number of rotatable bonds is 3. The van der Waals surface area contributed by atoms with Crippen molar-refractivity contribution in [1.82, 2.24) is 5.32 Å². The van der Waals surface area contributed by atoms with Crippen molar-refractivity contribution < 1.29 is 40.7 Å². The van der Waals surface area contributed by atoms with E-state index in [1.54, 1.807) is 0 Å². The molecule has 0 unspecified atom stereocenters. The molecule has 1 aromatic rings. The van der Waals surface area contributed by atoms with E-state index >= 15 is 0 Å². The van der Waals surface area contributed by atoms with Crippen LogP contribution in [0.4, 0.5) is 26.3 Å². The van der Waals surface area contributed by atoms with Crippen LogP contribution in [0.25, 0.3) is 0 Å². The summed E-state index contributed by atoms with van der Waals surface area (Å²) in [5, 5.41) is 1.82. The highest BCUT2D eigenvalue weighted by molar-refractivity contribution is 7.10. The van der Waals surface area contributed by atoms with E-state index in [0.717, 1.165) is 17.5 Å². The maximum absolute atomic E-state index is 13.2. The summed E-state index contributed by atoms with van der Waals surface area (Å²) in [6.07, 6.45) is -11.1. The van der Waals surface area contributed by atoms with E-state index in [2.05, 4.69) is 4.74 Å². The molecule has 0 radical (unpaired) electrons. The van der Waals surface area contributed by atoms with Gasteiger partial charge in [0.1, 0.15) is 0 Å². The van der Waals surface area contributed by atoms with E-state index in [-0.39, 0.29) is 0 Å². The normalized spacial score (nSPS) is 15.2. The van der Waals surface area contributed by atoms with Crippen LogP contribution in [0.15, 0.2) is 17.5 Å². The topological polar surface area (TPSA) is 55.4 Å². The standard InChI is InChI=1S/C10H7F6NO3S/c1-20-7(19)8(10(14,15)16,5-3-2-4-21-5)17-6(18)9(11,12)13/h2-4H,1H3,(H,17,18)/t8-/m0/s1. The molecule has 1 heterocycles. The first-order valence-corrected chi connectivity index (χ1v) is 5.93. The van der Waals surface area contributed by atoms with Crippen LogP contribution in [-0.4, -0.2) is 31.3 Å². The maximum atomic E-state index is 13.2. The number of nitrogens with one attached hydrogen (secondary N) is 1. The van der Waals surface area contributed by atoms with Gasteiger partial charge in [-0.15, -0.1) is 11.3 Å². The number of amides is 1. The summed E-state index contributed by atoms with van der Waals surface area (Å²) in [5.74, 6) is -4.98.